The minimum absolute atomic E-state index is 0.0395. The summed E-state index contributed by atoms with van der Waals surface area (Å²) in [5.41, 5.74) is 11.6. The number of rotatable bonds is 40. The molecule has 22 nitrogen and oxygen atoms in total. The monoisotopic (exact) mass is 1130 g/mol. The van der Waals surface area contributed by atoms with Gasteiger partial charge >= 0.3 is 183 Å². The molecule has 8 atom stereocenters. The Bertz CT molecular complexity index is 2310. The molecule has 1 fully saturated rings. The molecular weight excluding hydrogens is 1040 g/mol. The maximum Gasteiger partial charge on any atom is 0.243 e. The second-order valence-electron chi connectivity index (χ2n) is 22.0. The normalized spacial score (nSPS) is 17.6. The van der Waals surface area contributed by atoms with E-state index in [2.05, 4.69) is 63.9 Å². The van der Waals surface area contributed by atoms with Crippen molar-refractivity contribution in [2.45, 2.75) is 193 Å². The summed E-state index contributed by atoms with van der Waals surface area (Å²) in [7, 11) is 0. The minimum atomic E-state index is -1.14. The van der Waals surface area contributed by atoms with E-state index in [0.29, 0.717) is 63.5 Å². The van der Waals surface area contributed by atoms with Gasteiger partial charge in [0, 0.05) is 13.0 Å². The summed E-state index contributed by atoms with van der Waals surface area (Å²) in [6.07, 6.45) is 17.0. The number of carbonyl (C=O) groups is 9. The smallest absolute Gasteiger partial charge is 0.243 e. The van der Waals surface area contributed by atoms with Gasteiger partial charge in [0.2, 0.25) is 35.4 Å². The van der Waals surface area contributed by atoms with Crippen molar-refractivity contribution in [2.24, 2.45) is 22.8 Å². The van der Waals surface area contributed by atoms with Gasteiger partial charge in [0.05, 0.1) is 0 Å². The predicted octanol–water partition coefficient (Wildman–Crippen LogP) is 3.21. The van der Waals surface area contributed by atoms with Crippen molar-refractivity contribution in [1.29, 1.82) is 0 Å². The van der Waals surface area contributed by atoms with Gasteiger partial charge in [0.15, 0.2) is 0 Å². The second kappa shape index (κ2) is 37.2. The number of carbonyl (C=O) groups excluding carboxylic acids is 9. The number of nitrogens with two attached hydrogens (primary N) is 2. The number of aliphatic hydroxyl groups is 2. The summed E-state index contributed by atoms with van der Waals surface area (Å²) in [6.45, 7) is 24.4. The first-order chi connectivity index (χ1) is 38.3. The van der Waals surface area contributed by atoms with Crippen molar-refractivity contribution in [3.8, 4) is 0 Å². The zero-order chi connectivity index (χ0) is 60.7. The summed E-state index contributed by atoms with van der Waals surface area (Å²) in [5.74, 6) is -4.14. The third-order valence-electron chi connectivity index (χ3n) is 13.8. The average molecular weight is 1130 g/mol. The topological polar surface area (TPSA) is 343 Å². The molecule has 0 aromatic carbocycles. The number of nitrogens with one attached hydrogen (secondary N) is 7. The van der Waals surface area contributed by atoms with Crippen LogP contribution in [0.2, 0.25) is 0 Å². The van der Waals surface area contributed by atoms with Gasteiger partial charge in [-0.25, -0.2) is 0 Å². The number of hydrogen-bond donors (Lipinski definition) is 11. The molecule has 8 amide bonds. The predicted molar refractivity (Wildman–Crippen MR) is 314 cm³/mol. The third-order valence-corrected chi connectivity index (χ3v) is 13.8. The molecule has 13 N–H and O–H groups in total. The zero-order valence-corrected chi connectivity index (χ0v) is 48.7. The van der Waals surface area contributed by atoms with E-state index in [9.17, 15) is 53.4 Å². The first-order valence-corrected chi connectivity index (χ1v) is 28.4. The van der Waals surface area contributed by atoms with Crippen LogP contribution in [0.4, 0.5) is 0 Å². The van der Waals surface area contributed by atoms with E-state index in [-0.39, 0.29) is 86.7 Å². The van der Waals surface area contributed by atoms with E-state index in [0.717, 1.165) is 37.7 Å². The first-order valence-electron chi connectivity index (χ1n) is 28.4. The fourth-order valence-corrected chi connectivity index (χ4v) is 9.12. The van der Waals surface area contributed by atoms with Crippen LogP contribution in [0, 0.1) is 11.3 Å². The molecule has 2 rings (SSSR count). The largest absolute Gasteiger partial charge is 0.368 e. The van der Waals surface area contributed by atoms with Crippen molar-refractivity contribution in [1.82, 2.24) is 42.1 Å². The van der Waals surface area contributed by atoms with Crippen molar-refractivity contribution >= 4 is 65.4 Å². The van der Waals surface area contributed by atoms with Gasteiger partial charge in [-0.2, -0.15) is 0 Å². The van der Waals surface area contributed by atoms with Crippen LogP contribution in [0.5, 0.6) is 0 Å². The molecule has 0 bridgehead atoms. The Balaban J connectivity index is 1.69. The van der Waals surface area contributed by atoms with Crippen molar-refractivity contribution < 1.29 is 58.1 Å². The summed E-state index contributed by atoms with van der Waals surface area (Å²) in [5, 5.41) is 39.2. The Kier molecular flexibility index (Phi) is 32.3. The third kappa shape index (κ3) is 27.9. The SMILES string of the molecule is C=C/C(O)=C\C=C\C[C@H](NC(=O)CNCOC(C)CCCC[C@@H](C)C1=BC(=O)[C@H](CCCCNC(=O)CCCCC(=O)NC(C(=O)N[C@@H](CC(=C)/C=C\C(=C)O)C(=O)N2CCC[C@H]2C(N)=O)C(C)(C)C)N1)C(=O)N[C@@H](CCC)C(N)=O. The van der Waals surface area contributed by atoms with Gasteiger partial charge in [0.25, 0.3) is 0 Å². The molecule has 0 aromatic heterocycles. The summed E-state index contributed by atoms with van der Waals surface area (Å²) < 4.78 is 5.85. The number of likely N-dealkylation sites (tertiary alicyclic amines) is 1. The average Bonchev–Trinajstić information content (AvgIpc) is 4.05. The first kappa shape index (κ1) is 70.2. The fraction of sp³-hybridized carbons (Fsp3) is 0.621. The van der Waals surface area contributed by atoms with Crippen LogP contribution in [0.1, 0.15) is 151 Å². The number of unbranched alkanes of at least 4 members (excludes halogenated alkanes) is 3. The number of nitrogens with zero attached hydrogens (tertiary/aromatic N) is 1. The molecule has 0 saturated carbocycles. The van der Waals surface area contributed by atoms with Crippen LogP contribution in [0.15, 0.2) is 73.3 Å². The van der Waals surface area contributed by atoms with Crippen LogP contribution in [0.3, 0.4) is 0 Å². The van der Waals surface area contributed by atoms with E-state index in [4.69, 9.17) is 16.2 Å². The van der Waals surface area contributed by atoms with Crippen LogP contribution in [-0.2, 0) is 47.9 Å². The molecule has 2 aliphatic rings. The molecule has 2 heterocycles. The standard InChI is InChI=1S/C58H93BN10O12/c1-10-21-43(53(60)76)66-55(78)44(26-15-14-24-41(71)11-2)64-49(74)35-62-36-81-40(6)23-13-12-22-38(4)51-59-52(75)42(65-51)25-18-19-32-63-47(72)28-16-17-29-48(73)68-50(58(7,8)9)56(79)67-45(34-37(3)30-31-39(5)70)57(80)69-33-20-27-46(69)54(61)77/h11,14-15,24,30-31,38,40,42-46,50,62,65,70-71H,2-3,5,10,12-13,16-23,25-29,32-36H2,1,4,6-9H3,(H2,60,76)(H2,61,77)(H,63,72)(H,64,74)(H,66,78)(H,67,79)(H,68,73)/b15-14+,31-30-,41-24+/t38-,40?,42+,43+,44+,45+,46+,50?/m1/s1. The molecule has 1 saturated heterocycles. The zero-order valence-electron chi connectivity index (χ0n) is 48.7. The van der Waals surface area contributed by atoms with Gasteiger partial charge in [0.1, 0.15) is 41.7 Å². The molecule has 0 radical (unpaired) electrons. The number of ether oxygens (including phenoxy) is 1. The fourth-order valence-electron chi connectivity index (χ4n) is 9.12. The molecule has 81 heavy (non-hydrogen) atoms. The molecule has 0 spiro atoms. The minimum Gasteiger partial charge on any atom is -0.368 e. The number of primary amides is 2. The molecule has 450 valence electrons. The van der Waals surface area contributed by atoms with E-state index in [1.165, 1.54) is 35.3 Å². The quantitative estimate of drug-likeness (QED) is 0.0138. The van der Waals surface area contributed by atoms with E-state index in [1.807, 2.05) is 13.8 Å². The second-order valence-corrected chi connectivity index (χ2v) is 22.0. The Morgan fingerprint density at radius 3 is 2.17 bits per heavy atom. The van der Waals surface area contributed by atoms with Crippen molar-refractivity contribution in [2.75, 3.05) is 26.4 Å². The molecule has 0 aromatic rings. The maximum absolute atomic E-state index is 13.8. The van der Waals surface area contributed by atoms with Crippen LogP contribution < -0.4 is 48.7 Å². The van der Waals surface area contributed by atoms with Gasteiger partial charge in [-0.15, -0.1) is 0 Å². The van der Waals surface area contributed by atoms with Gasteiger partial charge in [-0.05, 0) is 49.3 Å². The maximum atomic E-state index is 13.8. The van der Waals surface area contributed by atoms with Gasteiger partial charge in [-0.3, -0.25) is 33.6 Å². The Morgan fingerprint density at radius 1 is 0.852 bits per heavy atom. The Labute approximate surface area is 479 Å². The Hall–Kier alpha value is -6.88. The van der Waals surface area contributed by atoms with Crippen LogP contribution >= 0.6 is 0 Å². The van der Waals surface area contributed by atoms with E-state index >= 15 is 0 Å². The van der Waals surface area contributed by atoms with Crippen molar-refractivity contribution in [3.05, 3.63) is 73.3 Å². The van der Waals surface area contributed by atoms with E-state index in [1.54, 1.807) is 33.8 Å². The van der Waals surface area contributed by atoms with Gasteiger partial charge < -0.3 is 47.8 Å². The molecular formula is C58H93BN10O12. The summed E-state index contributed by atoms with van der Waals surface area (Å²) in [6, 6.07) is -5.18. The number of amides is 8. The van der Waals surface area contributed by atoms with Crippen LogP contribution in [0.25, 0.3) is 0 Å². The number of allylic oxidation sites excluding steroid dienone is 5. The van der Waals surface area contributed by atoms with Gasteiger partial charge in [-0.1, -0.05) is 77.7 Å². The number of aliphatic hydroxyl groups excluding tert-OH is 2. The molecule has 2 unspecified atom stereocenters. The van der Waals surface area contributed by atoms with Crippen LogP contribution in [-0.4, -0.2) is 149 Å². The Morgan fingerprint density at radius 2 is 1.53 bits per heavy atom. The summed E-state index contributed by atoms with van der Waals surface area (Å²) >= 11 is 0. The molecule has 23 heteroatoms. The number of hydrogen-bond acceptors (Lipinski definition) is 14. The summed E-state index contributed by atoms with van der Waals surface area (Å²) in [4.78, 5) is 117. The van der Waals surface area contributed by atoms with Crippen molar-refractivity contribution in [3.63, 3.8) is 0 Å². The molecule has 2 aliphatic heterocycles. The molecule has 0 aliphatic carbocycles. The van der Waals surface area contributed by atoms with E-state index < -0.39 is 77.0 Å².